The third-order valence-corrected chi connectivity index (χ3v) is 3.12. The number of anilines is 2. The van der Waals surface area contributed by atoms with Crippen LogP contribution < -0.4 is 11.1 Å². The summed E-state index contributed by atoms with van der Waals surface area (Å²) in [6.45, 7) is 3.70. The number of rotatable bonds is 4. The average molecular weight is 282 g/mol. The van der Waals surface area contributed by atoms with Crippen molar-refractivity contribution >= 4 is 23.1 Å². The maximum atomic E-state index is 12.1. The zero-order valence-corrected chi connectivity index (χ0v) is 12.1. The van der Waals surface area contributed by atoms with Crippen molar-refractivity contribution in [1.29, 1.82) is 0 Å². The largest absolute Gasteiger partial charge is 0.399 e. The van der Waals surface area contributed by atoms with Crippen molar-refractivity contribution in [2.45, 2.75) is 13.8 Å². The molecule has 0 unspecified atom stereocenters. The molecule has 108 valence electrons. The molecule has 3 N–H and O–H groups in total. The molecule has 21 heavy (non-hydrogen) atoms. The van der Waals surface area contributed by atoms with Gasteiger partial charge in [-0.1, -0.05) is 26.0 Å². The summed E-state index contributed by atoms with van der Waals surface area (Å²) in [6.07, 6.45) is 0. The van der Waals surface area contributed by atoms with E-state index < -0.39 is 0 Å². The summed E-state index contributed by atoms with van der Waals surface area (Å²) in [6, 6.07) is 13.6. The summed E-state index contributed by atoms with van der Waals surface area (Å²) in [7, 11) is 0. The van der Waals surface area contributed by atoms with Crippen LogP contribution in [-0.2, 0) is 0 Å². The number of nitrogens with one attached hydrogen (secondary N) is 1. The number of carbonyl (C=O) groups excluding carboxylic acids is 2. The van der Waals surface area contributed by atoms with Crippen LogP contribution in [0.3, 0.4) is 0 Å². The molecule has 0 aliphatic rings. The fourth-order valence-corrected chi connectivity index (χ4v) is 1.89. The topological polar surface area (TPSA) is 72.2 Å². The molecule has 4 heteroatoms. The van der Waals surface area contributed by atoms with Crippen molar-refractivity contribution in [3.63, 3.8) is 0 Å². The molecule has 0 fully saturated rings. The van der Waals surface area contributed by atoms with Gasteiger partial charge in [0, 0.05) is 28.4 Å². The third kappa shape index (κ3) is 3.69. The van der Waals surface area contributed by atoms with Crippen LogP contribution in [-0.4, -0.2) is 11.7 Å². The fourth-order valence-electron chi connectivity index (χ4n) is 1.89. The molecule has 0 atom stereocenters. The number of carbonyl (C=O) groups is 2. The Morgan fingerprint density at radius 2 is 1.43 bits per heavy atom. The van der Waals surface area contributed by atoms with Crippen molar-refractivity contribution in [3.8, 4) is 0 Å². The van der Waals surface area contributed by atoms with Crippen molar-refractivity contribution in [2.24, 2.45) is 5.92 Å². The lowest BCUT2D eigenvalue weighted by molar-refractivity contribution is 0.0938. The van der Waals surface area contributed by atoms with Gasteiger partial charge in [0.15, 0.2) is 5.78 Å². The molecular weight excluding hydrogens is 264 g/mol. The Labute approximate surface area is 124 Å². The van der Waals surface area contributed by atoms with Gasteiger partial charge < -0.3 is 11.1 Å². The van der Waals surface area contributed by atoms with Gasteiger partial charge in [0.2, 0.25) is 0 Å². The number of Topliss-reactive ketones (excluding diaryl/α,β-unsaturated/α-hetero) is 1. The summed E-state index contributed by atoms with van der Waals surface area (Å²) in [5, 5.41) is 2.78. The van der Waals surface area contributed by atoms with E-state index in [-0.39, 0.29) is 17.6 Å². The summed E-state index contributed by atoms with van der Waals surface area (Å²) in [4.78, 5) is 23.9. The highest BCUT2D eigenvalue weighted by Gasteiger charge is 2.11. The number of benzene rings is 2. The Kier molecular flexibility index (Phi) is 4.38. The summed E-state index contributed by atoms with van der Waals surface area (Å²) >= 11 is 0. The zero-order chi connectivity index (χ0) is 15.4. The molecule has 0 saturated heterocycles. The van der Waals surface area contributed by atoms with Crippen molar-refractivity contribution in [2.75, 3.05) is 11.1 Å². The molecule has 2 aromatic carbocycles. The number of ketones is 1. The lowest BCUT2D eigenvalue weighted by atomic mass is 10.00. The SMILES string of the molecule is CC(C)C(=O)c1ccc(C(=O)Nc2ccc(N)cc2)cc1. The van der Waals surface area contributed by atoms with Crippen LogP contribution in [0, 0.1) is 5.92 Å². The normalized spacial score (nSPS) is 10.4. The Morgan fingerprint density at radius 1 is 0.905 bits per heavy atom. The van der Waals surface area contributed by atoms with Crippen LogP contribution >= 0.6 is 0 Å². The molecule has 0 aliphatic carbocycles. The second-order valence-corrected chi connectivity index (χ2v) is 5.17. The van der Waals surface area contributed by atoms with Gasteiger partial charge in [0.05, 0.1) is 0 Å². The van der Waals surface area contributed by atoms with Crippen LogP contribution in [0.25, 0.3) is 0 Å². The van der Waals surface area contributed by atoms with E-state index in [4.69, 9.17) is 5.73 Å². The molecule has 0 bridgehead atoms. The van der Waals surface area contributed by atoms with E-state index in [0.717, 1.165) is 0 Å². The molecule has 0 aliphatic heterocycles. The van der Waals surface area contributed by atoms with E-state index in [9.17, 15) is 9.59 Å². The highest BCUT2D eigenvalue weighted by atomic mass is 16.1. The van der Waals surface area contributed by atoms with Gasteiger partial charge in [-0.3, -0.25) is 9.59 Å². The van der Waals surface area contributed by atoms with E-state index in [1.54, 1.807) is 48.5 Å². The molecule has 0 aromatic heterocycles. The van der Waals surface area contributed by atoms with E-state index >= 15 is 0 Å². The summed E-state index contributed by atoms with van der Waals surface area (Å²) in [5.41, 5.74) is 8.04. The van der Waals surface area contributed by atoms with Crippen molar-refractivity contribution < 1.29 is 9.59 Å². The van der Waals surface area contributed by atoms with Gasteiger partial charge >= 0.3 is 0 Å². The monoisotopic (exact) mass is 282 g/mol. The summed E-state index contributed by atoms with van der Waals surface area (Å²) < 4.78 is 0. The molecule has 0 radical (unpaired) electrons. The van der Waals surface area contributed by atoms with Crippen molar-refractivity contribution in [1.82, 2.24) is 0 Å². The van der Waals surface area contributed by atoms with Crippen LogP contribution in [0.1, 0.15) is 34.6 Å². The zero-order valence-electron chi connectivity index (χ0n) is 12.1. The van der Waals surface area contributed by atoms with Gasteiger partial charge in [0.1, 0.15) is 0 Å². The number of nitrogens with two attached hydrogens (primary N) is 1. The first-order chi connectivity index (χ1) is 9.97. The molecule has 2 aromatic rings. The number of hydrogen-bond acceptors (Lipinski definition) is 3. The van der Waals surface area contributed by atoms with Gasteiger partial charge in [-0.05, 0) is 36.4 Å². The van der Waals surface area contributed by atoms with Crippen LogP contribution in [0.4, 0.5) is 11.4 Å². The molecule has 0 heterocycles. The molecule has 1 amide bonds. The minimum Gasteiger partial charge on any atom is -0.399 e. The lowest BCUT2D eigenvalue weighted by Gasteiger charge is -2.07. The van der Waals surface area contributed by atoms with E-state index in [0.29, 0.717) is 22.5 Å². The first-order valence-electron chi connectivity index (χ1n) is 6.78. The summed E-state index contributed by atoms with van der Waals surface area (Å²) in [5.74, 6) is -0.205. The highest BCUT2D eigenvalue weighted by Crippen LogP contribution is 2.14. The first kappa shape index (κ1) is 14.8. The van der Waals surface area contributed by atoms with Crippen LogP contribution in [0.5, 0.6) is 0 Å². The maximum Gasteiger partial charge on any atom is 0.255 e. The Hall–Kier alpha value is -2.62. The molecular formula is C17H18N2O2. The quantitative estimate of drug-likeness (QED) is 0.667. The second-order valence-electron chi connectivity index (χ2n) is 5.17. The predicted molar refractivity (Wildman–Crippen MR) is 84.4 cm³/mol. The number of nitrogen functional groups attached to an aromatic ring is 1. The van der Waals surface area contributed by atoms with E-state index in [1.165, 1.54) is 0 Å². The van der Waals surface area contributed by atoms with E-state index in [1.807, 2.05) is 13.8 Å². The smallest absolute Gasteiger partial charge is 0.255 e. The Morgan fingerprint density at radius 3 is 1.95 bits per heavy atom. The molecule has 0 saturated carbocycles. The molecule has 4 nitrogen and oxygen atoms in total. The molecule has 2 rings (SSSR count). The minimum absolute atomic E-state index is 0.0561. The first-order valence-corrected chi connectivity index (χ1v) is 6.78. The van der Waals surface area contributed by atoms with Gasteiger partial charge in [-0.25, -0.2) is 0 Å². The number of amides is 1. The van der Waals surface area contributed by atoms with Gasteiger partial charge in [-0.15, -0.1) is 0 Å². The highest BCUT2D eigenvalue weighted by molar-refractivity contribution is 6.05. The number of hydrogen-bond donors (Lipinski definition) is 2. The predicted octanol–water partition coefficient (Wildman–Crippen LogP) is 3.36. The average Bonchev–Trinajstić information content (AvgIpc) is 2.49. The lowest BCUT2D eigenvalue weighted by Crippen LogP contribution is -2.13. The Bertz CT molecular complexity index is 643. The van der Waals surface area contributed by atoms with Gasteiger partial charge in [-0.2, -0.15) is 0 Å². The maximum absolute atomic E-state index is 12.1. The second kappa shape index (κ2) is 6.22. The Balaban J connectivity index is 2.09. The van der Waals surface area contributed by atoms with Crippen LogP contribution in [0.15, 0.2) is 48.5 Å². The fraction of sp³-hybridized carbons (Fsp3) is 0.176. The standard InChI is InChI=1S/C17H18N2O2/c1-11(2)16(20)12-3-5-13(6-4-12)17(21)19-15-9-7-14(18)8-10-15/h3-11H,18H2,1-2H3,(H,19,21). The van der Waals surface area contributed by atoms with Crippen LogP contribution in [0.2, 0.25) is 0 Å². The van der Waals surface area contributed by atoms with Crippen molar-refractivity contribution in [3.05, 3.63) is 59.7 Å². The minimum atomic E-state index is -0.219. The van der Waals surface area contributed by atoms with E-state index in [2.05, 4.69) is 5.32 Å². The van der Waals surface area contributed by atoms with Gasteiger partial charge in [0.25, 0.3) is 5.91 Å². The molecule has 0 spiro atoms. The third-order valence-electron chi connectivity index (χ3n) is 3.12.